The van der Waals surface area contributed by atoms with Gasteiger partial charge in [0, 0.05) is 17.8 Å². The molecule has 0 fully saturated rings. The molecule has 1 aromatic carbocycles. The molecule has 0 radical (unpaired) electrons. The van der Waals surface area contributed by atoms with Crippen molar-refractivity contribution in [2.75, 3.05) is 7.11 Å². The second kappa shape index (κ2) is 6.52. The van der Waals surface area contributed by atoms with Gasteiger partial charge in [-0.3, -0.25) is 9.48 Å². The largest absolute Gasteiger partial charge is 0.494 e. The SMILES string of the molecule is CCC(C)n1ccc(CC(=O)c2ccc(F)c(OC)c2)n1. The van der Waals surface area contributed by atoms with Crippen molar-refractivity contribution in [3.8, 4) is 5.75 Å². The predicted molar refractivity (Wildman–Crippen MR) is 78.2 cm³/mol. The summed E-state index contributed by atoms with van der Waals surface area (Å²) in [5, 5.41) is 4.40. The smallest absolute Gasteiger partial charge is 0.169 e. The first-order valence-corrected chi connectivity index (χ1v) is 6.96. The molecule has 2 rings (SSSR count). The summed E-state index contributed by atoms with van der Waals surface area (Å²) in [6.07, 6.45) is 3.05. The first-order chi connectivity index (χ1) is 10.0. The molecular formula is C16H19FN2O2. The van der Waals surface area contributed by atoms with E-state index in [4.69, 9.17) is 4.74 Å². The van der Waals surface area contributed by atoms with E-state index in [1.54, 1.807) is 0 Å². The molecule has 112 valence electrons. The van der Waals surface area contributed by atoms with Crippen molar-refractivity contribution in [1.82, 2.24) is 9.78 Å². The molecule has 1 atom stereocenters. The van der Waals surface area contributed by atoms with Gasteiger partial charge in [0.15, 0.2) is 17.3 Å². The van der Waals surface area contributed by atoms with Crippen molar-refractivity contribution in [1.29, 1.82) is 0 Å². The fraction of sp³-hybridized carbons (Fsp3) is 0.375. The highest BCUT2D eigenvalue weighted by Crippen LogP contribution is 2.19. The molecule has 0 N–H and O–H groups in total. The van der Waals surface area contributed by atoms with Gasteiger partial charge in [0.25, 0.3) is 0 Å². The standard InChI is InChI=1S/C16H19FN2O2/c1-4-11(2)19-8-7-13(18-19)10-15(20)12-5-6-14(17)16(9-12)21-3/h5-9,11H,4,10H2,1-3H3. The topological polar surface area (TPSA) is 44.1 Å². The molecule has 21 heavy (non-hydrogen) atoms. The van der Waals surface area contributed by atoms with Crippen LogP contribution in [0.15, 0.2) is 30.5 Å². The third-order valence-corrected chi connectivity index (χ3v) is 3.52. The summed E-state index contributed by atoms with van der Waals surface area (Å²) in [7, 11) is 1.38. The van der Waals surface area contributed by atoms with E-state index in [9.17, 15) is 9.18 Å². The first kappa shape index (κ1) is 15.2. The van der Waals surface area contributed by atoms with Crippen LogP contribution in [0.3, 0.4) is 0 Å². The third-order valence-electron chi connectivity index (χ3n) is 3.52. The number of ketones is 1. The lowest BCUT2D eigenvalue weighted by Gasteiger charge is -2.08. The number of methoxy groups -OCH3 is 1. The van der Waals surface area contributed by atoms with Gasteiger partial charge in [0.1, 0.15) is 0 Å². The van der Waals surface area contributed by atoms with Crippen molar-refractivity contribution in [2.24, 2.45) is 0 Å². The Labute approximate surface area is 123 Å². The van der Waals surface area contributed by atoms with Crippen LogP contribution in [0.5, 0.6) is 5.75 Å². The van der Waals surface area contributed by atoms with Crippen molar-refractivity contribution < 1.29 is 13.9 Å². The maximum absolute atomic E-state index is 13.3. The molecule has 0 saturated carbocycles. The summed E-state index contributed by atoms with van der Waals surface area (Å²) in [6.45, 7) is 4.16. The molecule has 0 amide bonds. The number of hydrogen-bond donors (Lipinski definition) is 0. The average Bonchev–Trinajstić information content (AvgIpc) is 2.95. The summed E-state index contributed by atoms with van der Waals surface area (Å²) >= 11 is 0. The van der Waals surface area contributed by atoms with E-state index in [1.807, 2.05) is 16.9 Å². The molecule has 2 aromatic rings. The van der Waals surface area contributed by atoms with E-state index < -0.39 is 5.82 Å². The Morgan fingerprint density at radius 2 is 2.19 bits per heavy atom. The zero-order valence-corrected chi connectivity index (χ0v) is 12.5. The number of ether oxygens (including phenoxy) is 1. The van der Waals surface area contributed by atoms with Crippen LogP contribution in [-0.4, -0.2) is 22.7 Å². The Bertz CT molecular complexity index is 637. The van der Waals surface area contributed by atoms with Gasteiger partial charge in [-0.1, -0.05) is 6.92 Å². The molecule has 1 unspecified atom stereocenters. The minimum absolute atomic E-state index is 0.0750. The number of halogens is 1. The lowest BCUT2D eigenvalue weighted by Crippen LogP contribution is -2.08. The van der Waals surface area contributed by atoms with Crippen LogP contribution in [0.1, 0.15) is 42.4 Å². The van der Waals surface area contributed by atoms with Crippen molar-refractivity contribution in [3.05, 3.63) is 47.5 Å². The molecule has 5 heteroatoms. The fourth-order valence-corrected chi connectivity index (χ4v) is 2.00. The maximum Gasteiger partial charge on any atom is 0.169 e. The molecule has 4 nitrogen and oxygen atoms in total. The van der Waals surface area contributed by atoms with Crippen LogP contribution < -0.4 is 4.74 Å². The highest BCUT2D eigenvalue weighted by Gasteiger charge is 2.13. The van der Waals surface area contributed by atoms with Gasteiger partial charge in [-0.25, -0.2) is 4.39 Å². The summed E-state index contributed by atoms with van der Waals surface area (Å²) in [4.78, 5) is 12.2. The van der Waals surface area contributed by atoms with E-state index in [0.717, 1.165) is 6.42 Å². The summed E-state index contributed by atoms with van der Waals surface area (Å²) < 4.78 is 20.1. The molecule has 0 saturated heterocycles. The Hall–Kier alpha value is -2.17. The van der Waals surface area contributed by atoms with Crippen LogP contribution in [0.25, 0.3) is 0 Å². The quantitative estimate of drug-likeness (QED) is 0.766. The molecule has 1 aromatic heterocycles. The second-order valence-electron chi connectivity index (χ2n) is 4.99. The van der Waals surface area contributed by atoms with Gasteiger partial charge in [-0.2, -0.15) is 5.10 Å². The highest BCUT2D eigenvalue weighted by atomic mass is 19.1. The predicted octanol–water partition coefficient (Wildman–Crippen LogP) is 3.43. The highest BCUT2D eigenvalue weighted by molar-refractivity contribution is 5.97. The maximum atomic E-state index is 13.3. The minimum atomic E-state index is -0.477. The lowest BCUT2D eigenvalue weighted by molar-refractivity contribution is 0.0991. The van der Waals surface area contributed by atoms with Gasteiger partial charge in [-0.15, -0.1) is 0 Å². The molecule has 0 bridgehead atoms. The third kappa shape index (κ3) is 3.48. The van der Waals surface area contributed by atoms with Crippen LogP contribution in [0.2, 0.25) is 0 Å². The monoisotopic (exact) mass is 290 g/mol. The Morgan fingerprint density at radius 3 is 2.86 bits per heavy atom. The van der Waals surface area contributed by atoms with E-state index >= 15 is 0 Å². The fourth-order valence-electron chi connectivity index (χ4n) is 2.00. The van der Waals surface area contributed by atoms with Crippen molar-refractivity contribution in [3.63, 3.8) is 0 Å². The van der Waals surface area contributed by atoms with Gasteiger partial charge in [0.05, 0.1) is 19.2 Å². The zero-order chi connectivity index (χ0) is 15.4. The number of hydrogen-bond acceptors (Lipinski definition) is 3. The number of nitrogens with zero attached hydrogens (tertiary/aromatic N) is 2. The van der Waals surface area contributed by atoms with Gasteiger partial charge in [0.2, 0.25) is 0 Å². The number of rotatable bonds is 6. The molecule has 0 aliphatic rings. The summed E-state index contributed by atoms with van der Waals surface area (Å²) in [6, 6.07) is 6.27. The molecule has 1 heterocycles. The van der Waals surface area contributed by atoms with E-state index in [-0.39, 0.29) is 18.0 Å². The van der Waals surface area contributed by atoms with Gasteiger partial charge < -0.3 is 4.74 Å². The second-order valence-corrected chi connectivity index (χ2v) is 4.99. The first-order valence-electron chi connectivity index (χ1n) is 6.96. The van der Waals surface area contributed by atoms with Crippen molar-refractivity contribution in [2.45, 2.75) is 32.7 Å². The van der Waals surface area contributed by atoms with Crippen LogP contribution in [0.4, 0.5) is 4.39 Å². The van der Waals surface area contributed by atoms with Crippen molar-refractivity contribution >= 4 is 5.78 Å². The van der Waals surface area contributed by atoms with E-state index in [1.165, 1.54) is 25.3 Å². The number of Topliss-reactive ketones (excluding diaryl/α,β-unsaturated/α-hetero) is 1. The molecule has 0 aliphatic carbocycles. The normalized spacial score (nSPS) is 12.2. The number of carbonyl (C=O) groups is 1. The average molecular weight is 290 g/mol. The Kier molecular flexibility index (Phi) is 4.73. The number of aromatic nitrogens is 2. The summed E-state index contributed by atoms with van der Waals surface area (Å²) in [5.41, 5.74) is 1.13. The molecule has 0 spiro atoms. The van der Waals surface area contributed by atoms with Gasteiger partial charge >= 0.3 is 0 Å². The molecule has 0 aliphatic heterocycles. The molecular weight excluding hydrogens is 271 g/mol. The van der Waals surface area contributed by atoms with Crippen LogP contribution >= 0.6 is 0 Å². The van der Waals surface area contributed by atoms with Crippen LogP contribution in [0, 0.1) is 5.82 Å². The Morgan fingerprint density at radius 1 is 1.43 bits per heavy atom. The van der Waals surface area contributed by atoms with Crippen LogP contribution in [-0.2, 0) is 6.42 Å². The lowest BCUT2D eigenvalue weighted by atomic mass is 10.1. The zero-order valence-electron chi connectivity index (χ0n) is 12.5. The van der Waals surface area contributed by atoms with E-state index in [2.05, 4.69) is 18.9 Å². The summed E-state index contributed by atoms with van der Waals surface area (Å²) in [5.74, 6) is -0.510. The number of benzene rings is 1. The Balaban J connectivity index is 2.12. The minimum Gasteiger partial charge on any atom is -0.494 e. The number of carbonyl (C=O) groups excluding carboxylic acids is 1. The van der Waals surface area contributed by atoms with E-state index in [0.29, 0.717) is 17.3 Å². The van der Waals surface area contributed by atoms with Gasteiger partial charge in [-0.05, 0) is 37.6 Å².